The van der Waals surface area contributed by atoms with Crippen molar-refractivity contribution in [1.82, 2.24) is 5.32 Å². The Bertz CT molecular complexity index is 381. The average molecular weight is 253 g/mol. The Balaban J connectivity index is 2.34. The maximum absolute atomic E-state index is 11.5. The zero-order valence-electron chi connectivity index (χ0n) is 9.55. The van der Waals surface area contributed by atoms with Crippen LogP contribution in [-0.4, -0.2) is 28.5 Å². The highest BCUT2D eigenvalue weighted by Crippen LogP contribution is 2.11. The standard InChI is InChI=1S/C12H15NO3S/c1-9(10-5-3-2-4-6-10)13-11(14)7-17-8-12(15)16/h2-6,9H,7-8H2,1H3,(H,13,14)(H,15,16)/t9-/m1/s1. The molecule has 0 unspecified atom stereocenters. The molecule has 1 aromatic carbocycles. The van der Waals surface area contributed by atoms with Gasteiger partial charge in [0.05, 0.1) is 17.5 Å². The summed E-state index contributed by atoms with van der Waals surface area (Å²) >= 11 is 1.10. The first-order valence-corrected chi connectivity index (χ1v) is 6.39. The second-order valence-corrected chi connectivity index (χ2v) is 4.57. The van der Waals surface area contributed by atoms with Gasteiger partial charge in [-0.25, -0.2) is 0 Å². The Hall–Kier alpha value is -1.49. The van der Waals surface area contributed by atoms with Gasteiger partial charge in [-0.1, -0.05) is 30.3 Å². The monoisotopic (exact) mass is 253 g/mol. The molecule has 0 saturated carbocycles. The molecule has 4 nitrogen and oxygen atoms in total. The number of hydrogen-bond donors (Lipinski definition) is 2. The van der Waals surface area contributed by atoms with E-state index >= 15 is 0 Å². The van der Waals surface area contributed by atoms with Crippen molar-refractivity contribution in [3.8, 4) is 0 Å². The van der Waals surface area contributed by atoms with E-state index in [9.17, 15) is 9.59 Å². The van der Waals surface area contributed by atoms with Crippen molar-refractivity contribution < 1.29 is 14.7 Å². The van der Waals surface area contributed by atoms with Crippen molar-refractivity contribution in [3.63, 3.8) is 0 Å². The SMILES string of the molecule is C[C@@H](NC(=O)CSCC(=O)O)c1ccccc1. The Labute approximate surface area is 104 Å². The molecule has 0 bridgehead atoms. The van der Waals surface area contributed by atoms with Crippen LogP contribution in [0.4, 0.5) is 0 Å². The van der Waals surface area contributed by atoms with E-state index in [1.54, 1.807) is 0 Å². The smallest absolute Gasteiger partial charge is 0.313 e. The van der Waals surface area contributed by atoms with Crippen LogP contribution in [0.2, 0.25) is 0 Å². The normalized spacial score (nSPS) is 11.8. The summed E-state index contributed by atoms with van der Waals surface area (Å²) in [5.74, 6) is -0.928. The van der Waals surface area contributed by atoms with Crippen LogP contribution in [0.25, 0.3) is 0 Å². The van der Waals surface area contributed by atoms with Crippen molar-refractivity contribution >= 4 is 23.6 Å². The van der Waals surface area contributed by atoms with Gasteiger partial charge in [-0.15, -0.1) is 11.8 Å². The molecule has 1 amide bonds. The number of amides is 1. The summed E-state index contributed by atoms with van der Waals surface area (Å²) in [7, 11) is 0. The summed E-state index contributed by atoms with van der Waals surface area (Å²) in [5.41, 5.74) is 1.03. The predicted molar refractivity (Wildman–Crippen MR) is 68.0 cm³/mol. The molecule has 0 heterocycles. The molecule has 0 aliphatic carbocycles. The number of rotatable bonds is 6. The first-order valence-electron chi connectivity index (χ1n) is 5.23. The van der Waals surface area contributed by atoms with Gasteiger partial charge in [0.15, 0.2) is 0 Å². The first-order chi connectivity index (χ1) is 8.09. The van der Waals surface area contributed by atoms with Gasteiger partial charge < -0.3 is 10.4 Å². The Morgan fingerprint density at radius 1 is 1.29 bits per heavy atom. The lowest BCUT2D eigenvalue weighted by Gasteiger charge is -2.13. The van der Waals surface area contributed by atoms with Crippen LogP contribution in [0.15, 0.2) is 30.3 Å². The van der Waals surface area contributed by atoms with Crippen molar-refractivity contribution in [2.45, 2.75) is 13.0 Å². The molecular weight excluding hydrogens is 238 g/mol. The van der Waals surface area contributed by atoms with Crippen molar-refractivity contribution in [1.29, 1.82) is 0 Å². The topological polar surface area (TPSA) is 66.4 Å². The lowest BCUT2D eigenvalue weighted by atomic mass is 10.1. The minimum absolute atomic E-state index is 0.0485. The summed E-state index contributed by atoms with van der Waals surface area (Å²) in [6.07, 6.45) is 0. The molecule has 0 radical (unpaired) electrons. The second-order valence-electron chi connectivity index (χ2n) is 3.59. The van der Waals surface area contributed by atoms with Gasteiger partial charge in [0, 0.05) is 0 Å². The third kappa shape index (κ3) is 5.40. The molecule has 0 fully saturated rings. The van der Waals surface area contributed by atoms with Gasteiger partial charge in [-0.3, -0.25) is 9.59 Å². The quantitative estimate of drug-likeness (QED) is 0.809. The third-order valence-corrected chi connectivity index (χ3v) is 3.05. The van der Waals surface area contributed by atoms with Crippen LogP contribution < -0.4 is 5.32 Å². The van der Waals surface area contributed by atoms with Crippen molar-refractivity contribution in [3.05, 3.63) is 35.9 Å². The first kappa shape index (κ1) is 13.6. The predicted octanol–water partition coefficient (Wildman–Crippen LogP) is 1.68. The third-order valence-electron chi connectivity index (χ3n) is 2.14. The summed E-state index contributed by atoms with van der Waals surface area (Å²) in [6, 6.07) is 9.56. The van der Waals surface area contributed by atoms with Gasteiger partial charge in [-0.2, -0.15) is 0 Å². The Morgan fingerprint density at radius 2 is 1.94 bits per heavy atom. The fraction of sp³-hybridized carbons (Fsp3) is 0.333. The largest absolute Gasteiger partial charge is 0.481 e. The van der Waals surface area contributed by atoms with E-state index in [1.807, 2.05) is 37.3 Å². The van der Waals surface area contributed by atoms with Crippen LogP contribution in [0, 0.1) is 0 Å². The molecule has 92 valence electrons. The number of carboxylic acids is 1. The molecule has 0 aromatic heterocycles. The minimum atomic E-state index is -0.904. The Kier molecular flexibility index (Phi) is 5.56. The number of carboxylic acid groups (broad SMARTS) is 1. The summed E-state index contributed by atoms with van der Waals surface area (Å²) in [5, 5.41) is 11.3. The summed E-state index contributed by atoms with van der Waals surface area (Å²) < 4.78 is 0. The second kappa shape index (κ2) is 6.96. The van der Waals surface area contributed by atoms with Crippen LogP contribution in [0.3, 0.4) is 0 Å². The lowest BCUT2D eigenvalue weighted by molar-refractivity contribution is -0.133. The number of hydrogen-bond acceptors (Lipinski definition) is 3. The molecule has 17 heavy (non-hydrogen) atoms. The number of nitrogens with one attached hydrogen (secondary N) is 1. The lowest BCUT2D eigenvalue weighted by Crippen LogP contribution is -2.28. The van der Waals surface area contributed by atoms with Gasteiger partial charge in [0.25, 0.3) is 0 Å². The number of thioether (sulfide) groups is 1. The molecule has 5 heteroatoms. The van der Waals surface area contributed by atoms with E-state index in [2.05, 4.69) is 5.32 Å². The summed E-state index contributed by atoms with van der Waals surface area (Å²) in [6.45, 7) is 1.90. The van der Waals surface area contributed by atoms with Crippen LogP contribution in [0.1, 0.15) is 18.5 Å². The minimum Gasteiger partial charge on any atom is -0.481 e. The molecule has 0 spiro atoms. The number of aliphatic carboxylic acids is 1. The maximum atomic E-state index is 11.5. The molecule has 1 rings (SSSR count). The fourth-order valence-corrected chi connectivity index (χ4v) is 1.88. The molecule has 0 aliphatic heterocycles. The van der Waals surface area contributed by atoms with Gasteiger partial charge in [0.2, 0.25) is 5.91 Å². The van der Waals surface area contributed by atoms with E-state index in [0.717, 1.165) is 17.3 Å². The highest BCUT2D eigenvalue weighted by Gasteiger charge is 2.09. The van der Waals surface area contributed by atoms with E-state index in [0.29, 0.717) is 0 Å². The zero-order valence-corrected chi connectivity index (χ0v) is 10.4. The number of benzene rings is 1. The van der Waals surface area contributed by atoms with Crippen molar-refractivity contribution in [2.24, 2.45) is 0 Å². The van der Waals surface area contributed by atoms with Gasteiger partial charge in [0.1, 0.15) is 0 Å². The zero-order chi connectivity index (χ0) is 12.7. The van der Waals surface area contributed by atoms with E-state index in [-0.39, 0.29) is 23.5 Å². The Morgan fingerprint density at radius 3 is 2.53 bits per heavy atom. The van der Waals surface area contributed by atoms with Crippen LogP contribution in [0.5, 0.6) is 0 Å². The van der Waals surface area contributed by atoms with Crippen molar-refractivity contribution in [2.75, 3.05) is 11.5 Å². The van der Waals surface area contributed by atoms with Crippen LogP contribution >= 0.6 is 11.8 Å². The average Bonchev–Trinajstić information content (AvgIpc) is 2.29. The van der Waals surface area contributed by atoms with E-state index < -0.39 is 5.97 Å². The van der Waals surface area contributed by atoms with Gasteiger partial charge in [-0.05, 0) is 12.5 Å². The molecular formula is C12H15NO3S. The molecule has 1 aromatic rings. The van der Waals surface area contributed by atoms with E-state index in [1.165, 1.54) is 0 Å². The highest BCUT2D eigenvalue weighted by molar-refractivity contribution is 8.00. The highest BCUT2D eigenvalue weighted by atomic mass is 32.2. The van der Waals surface area contributed by atoms with Gasteiger partial charge >= 0.3 is 5.97 Å². The maximum Gasteiger partial charge on any atom is 0.313 e. The molecule has 2 N–H and O–H groups in total. The number of carbonyl (C=O) groups excluding carboxylic acids is 1. The fourth-order valence-electron chi connectivity index (χ4n) is 1.34. The summed E-state index contributed by atoms with van der Waals surface area (Å²) in [4.78, 5) is 21.8. The van der Waals surface area contributed by atoms with E-state index in [4.69, 9.17) is 5.11 Å². The number of carbonyl (C=O) groups is 2. The molecule has 1 atom stereocenters. The molecule has 0 aliphatic rings. The molecule has 0 saturated heterocycles. The van der Waals surface area contributed by atoms with Crippen LogP contribution in [-0.2, 0) is 9.59 Å².